The quantitative estimate of drug-likeness (QED) is 0.246. The van der Waals surface area contributed by atoms with Gasteiger partial charge in [-0.3, -0.25) is 24.7 Å². The van der Waals surface area contributed by atoms with Crippen molar-refractivity contribution in [2.45, 2.75) is 20.8 Å². The third-order valence-corrected chi connectivity index (χ3v) is 7.28. The van der Waals surface area contributed by atoms with E-state index in [0.29, 0.717) is 38.9 Å². The zero-order valence-corrected chi connectivity index (χ0v) is 21.6. The van der Waals surface area contributed by atoms with E-state index in [2.05, 4.69) is 35.5 Å². The smallest absolute Gasteiger partial charge is 0.226 e. The van der Waals surface area contributed by atoms with Crippen LogP contribution < -0.4 is 5.32 Å². The molecule has 6 aromatic rings. The number of carbonyl (C=O) groups excluding carboxylic acids is 2. The number of aromatic amines is 2. The van der Waals surface area contributed by atoms with E-state index in [1.807, 2.05) is 44.2 Å². The predicted octanol–water partition coefficient (Wildman–Crippen LogP) is 5.48. The molecule has 0 aliphatic heterocycles. The third kappa shape index (κ3) is 4.22. The maximum atomic E-state index is 12.1. The highest BCUT2D eigenvalue weighted by Crippen LogP contribution is 2.34. The van der Waals surface area contributed by atoms with Crippen molar-refractivity contribution in [2.75, 3.05) is 5.32 Å². The van der Waals surface area contributed by atoms with Crippen LogP contribution in [0.2, 0.25) is 0 Å². The molecular weight excluding hydrogens is 500 g/mol. The van der Waals surface area contributed by atoms with E-state index in [9.17, 15) is 9.59 Å². The maximum absolute atomic E-state index is 12.1. The number of amides is 1. The summed E-state index contributed by atoms with van der Waals surface area (Å²) in [5.74, 6) is 0.374. The summed E-state index contributed by atoms with van der Waals surface area (Å²) < 4.78 is 0. The molecule has 0 aromatic carbocycles. The maximum Gasteiger partial charge on any atom is 0.226 e. The predicted molar refractivity (Wildman–Crippen MR) is 147 cm³/mol. The van der Waals surface area contributed by atoms with E-state index in [1.54, 1.807) is 31.7 Å². The highest BCUT2D eigenvalue weighted by Gasteiger charge is 2.18. The fraction of sp³-hybridized carbons (Fsp3) is 0.148. The molecule has 10 nitrogen and oxygen atoms in total. The highest BCUT2D eigenvalue weighted by molar-refractivity contribution is 7.17. The van der Waals surface area contributed by atoms with Crippen LogP contribution in [0.15, 0.2) is 55.1 Å². The summed E-state index contributed by atoms with van der Waals surface area (Å²) in [4.78, 5) is 47.0. The summed E-state index contributed by atoms with van der Waals surface area (Å²) in [6.45, 7) is 5.23. The number of Topliss-reactive ketones (excluding diaryl/α,β-unsaturated/α-hetero) is 1. The largest absolute Gasteiger partial charge is 0.336 e. The summed E-state index contributed by atoms with van der Waals surface area (Å²) in [6.07, 6.45) is 6.79. The number of nitrogens with one attached hydrogen (secondary N) is 3. The standard InChI is InChI=1S/C27H22N8O2S/c1-13(2)27(37)31-17-8-15(10-28-12-17)16-9-18-22(34-35-25(18)30-11-16)26-32-19-6-7-29-24(23(19)33-26)21-5-4-20(38-21)14(3)36/h4-13H,1-3H3,(H,31,37)(H,32,33)(H,30,34,35). The second kappa shape index (κ2) is 9.27. The molecule has 0 saturated heterocycles. The second-order valence-electron chi connectivity index (χ2n) is 9.16. The number of carbonyl (C=O) groups is 2. The van der Waals surface area contributed by atoms with Crippen LogP contribution in [0.3, 0.4) is 0 Å². The van der Waals surface area contributed by atoms with Gasteiger partial charge in [-0.05, 0) is 37.3 Å². The number of H-pyrrole nitrogens is 2. The normalized spacial score (nSPS) is 11.5. The summed E-state index contributed by atoms with van der Waals surface area (Å²) >= 11 is 1.39. The first-order valence-electron chi connectivity index (χ1n) is 11.9. The van der Waals surface area contributed by atoms with Crippen LogP contribution >= 0.6 is 11.3 Å². The number of pyridine rings is 3. The van der Waals surface area contributed by atoms with Crippen molar-refractivity contribution >= 4 is 50.8 Å². The number of imidazole rings is 1. The van der Waals surface area contributed by atoms with E-state index in [0.717, 1.165) is 26.9 Å². The highest BCUT2D eigenvalue weighted by atomic mass is 32.1. The molecule has 188 valence electrons. The molecule has 0 atom stereocenters. The number of anilines is 1. The van der Waals surface area contributed by atoms with Crippen molar-refractivity contribution < 1.29 is 9.59 Å². The first kappa shape index (κ1) is 23.6. The number of ketones is 1. The molecule has 11 heteroatoms. The van der Waals surface area contributed by atoms with Gasteiger partial charge >= 0.3 is 0 Å². The number of fused-ring (bicyclic) bond motifs is 2. The summed E-state index contributed by atoms with van der Waals surface area (Å²) in [5.41, 5.74) is 5.68. The zero-order chi connectivity index (χ0) is 26.4. The van der Waals surface area contributed by atoms with Crippen molar-refractivity contribution in [3.05, 3.63) is 60.0 Å². The first-order valence-corrected chi connectivity index (χ1v) is 12.8. The second-order valence-corrected chi connectivity index (χ2v) is 10.2. The molecule has 0 bridgehead atoms. The Morgan fingerprint density at radius 3 is 2.63 bits per heavy atom. The molecule has 0 unspecified atom stereocenters. The monoisotopic (exact) mass is 522 g/mol. The van der Waals surface area contributed by atoms with E-state index < -0.39 is 0 Å². The molecule has 3 N–H and O–H groups in total. The van der Waals surface area contributed by atoms with Crippen LogP contribution in [0.4, 0.5) is 5.69 Å². The Hall–Kier alpha value is -4.77. The Bertz CT molecular complexity index is 1850. The molecule has 0 radical (unpaired) electrons. The molecule has 38 heavy (non-hydrogen) atoms. The van der Waals surface area contributed by atoms with Gasteiger partial charge in [0.2, 0.25) is 5.91 Å². The zero-order valence-electron chi connectivity index (χ0n) is 20.7. The molecule has 0 aliphatic rings. The minimum Gasteiger partial charge on any atom is -0.336 e. The van der Waals surface area contributed by atoms with Gasteiger partial charge in [-0.1, -0.05) is 13.8 Å². The van der Waals surface area contributed by atoms with Gasteiger partial charge < -0.3 is 10.3 Å². The van der Waals surface area contributed by atoms with Crippen LogP contribution in [-0.2, 0) is 4.79 Å². The number of hydrogen-bond donors (Lipinski definition) is 3. The van der Waals surface area contributed by atoms with Gasteiger partial charge in [-0.25, -0.2) is 9.97 Å². The molecular formula is C27H22N8O2S. The Kier molecular flexibility index (Phi) is 5.76. The van der Waals surface area contributed by atoms with Gasteiger partial charge in [0.15, 0.2) is 17.3 Å². The number of nitrogens with zero attached hydrogens (tertiary/aromatic N) is 5. The number of thiophene rings is 1. The minimum absolute atomic E-state index is 0.0190. The molecule has 0 saturated carbocycles. The van der Waals surface area contributed by atoms with Gasteiger partial charge in [0.25, 0.3) is 0 Å². The van der Waals surface area contributed by atoms with Crippen molar-refractivity contribution in [3.8, 4) is 33.2 Å². The molecule has 1 amide bonds. The number of hydrogen-bond acceptors (Lipinski definition) is 8. The van der Waals surface area contributed by atoms with Crippen molar-refractivity contribution in [3.63, 3.8) is 0 Å². The minimum atomic E-state index is -0.138. The Morgan fingerprint density at radius 1 is 1.00 bits per heavy atom. The molecule has 0 aliphatic carbocycles. The van der Waals surface area contributed by atoms with Crippen molar-refractivity contribution in [1.82, 2.24) is 35.1 Å². The Balaban J connectivity index is 1.40. The molecule has 6 aromatic heterocycles. The summed E-state index contributed by atoms with van der Waals surface area (Å²) in [7, 11) is 0. The Morgan fingerprint density at radius 2 is 1.84 bits per heavy atom. The fourth-order valence-electron chi connectivity index (χ4n) is 4.08. The van der Waals surface area contributed by atoms with Gasteiger partial charge in [-0.2, -0.15) is 5.10 Å². The lowest BCUT2D eigenvalue weighted by atomic mass is 10.1. The van der Waals surface area contributed by atoms with E-state index >= 15 is 0 Å². The Labute approximate surface area is 220 Å². The van der Waals surface area contributed by atoms with Crippen LogP contribution in [0, 0.1) is 5.92 Å². The van der Waals surface area contributed by atoms with Gasteiger partial charge in [-0.15, -0.1) is 11.3 Å². The molecule has 6 heterocycles. The molecule has 6 rings (SSSR count). The third-order valence-electron chi connectivity index (χ3n) is 6.09. The number of rotatable bonds is 6. The lowest BCUT2D eigenvalue weighted by Crippen LogP contribution is -2.17. The van der Waals surface area contributed by atoms with E-state index in [-0.39, 0.29) is 17.6 Å². The van der Waals surface area contributed by atoms with Gasteiger partial charge in [0, 0.05) is 35.6 Å². The van der Waals surface area contributed by atoms with E-state index in [1.165, 1.54) is 11.3 Å². The summed E-state index contributed by atoms with van der Waals surface area (Å²) in [6, 6.07) is 9.39. The molecule has 0 spiro atoms. The average molecular weight is 523 g/mol. The van der Waals surface area contributed by atoms with Gasteiger partial charge in [0.1, 0.15) is 16.9 Å². The van der Waals surface area contributed by atoms with Crippen LogP contribution in [0.25, 0.3) is 55.3 Å². The summed E-state index contributed by atoms with van der Waals surface area (Å²) in [5, 5.41) is 11.1. The van der Waals surface area contributed by atoms with Crippen LogP contribution in [-0.4, -0.2) is 46.8 Å². The van der Waals surface area contributed by atoms with Crippen molar-refractivity contribution in [1.29, 1.82) is 0 Å². The lowest BCUT2D eigenvalue weighted by molar-refractivity contribution is -0.118. The van der Waals surface area contributed by atoms with Crippen LogP contribution in [0.5, 0.6) is 0 Å². The van der Waals surface area contributed by atoms with Gasteiger partial charge in [0.05, 0.1) is 32.5 Å². The topological polar surface area (TPSA) is 142 Å². The fourth-order valence-corrected chi connectivity index (χ4v) is 4.98. The first-order chi connectivity index (χ1) is 18.4. The van der Waals surface area contributed by atoms with E-state index in [4.69, 9.17) is 4.98 Å². The SMILES string of the molecule is CC(=O)c1ccc(-c2nccc3[nH]c(-c4n[nH]c5ncc(-c6cncc(NC(=O)C(C)C)c6)cc45)nc23)s1. The molecule has 0 fully saturated rings. The lowest BCUT2D eigenvalue weighted by Gasteiger charge is -2.09. The van der Waals surface area contributed by atoms with Crippen LogP contribution in [0.1, 0.15) is 30.4 Å². The number of aromatic nitrogens is 7. The average Bonchev–Trinajstić information content (AvgIpc) is 3.66. The van der Waals surface area contributed by atoms with Crippen molar-refractivity contribution in [2.24, 2.45) is 5.92 Å².